The van der Waals surface area contributed by atoms with Crippen LogP contribution in [0.15, 0.2) is 42.5 Å². The summed E-state index contributed by atoms with van der Waals surface area (Å²) in [6, 6.07) is 10.8. The standard InChI is InChI=1S/C27H36Cl2FN3O2/c1-25(2,3)13-20-27(31,16-9-11-17(28)12-10-16)21(18-7-6-8-19(29)22(18)30)23(33-20)24(35)32-14-26(4,5)15-34/h6-12,20-21,23,33-34H,13-15,31H2,1-5H3,(H,32,35). The van der Waals surface area contributed by atoms with E-state index < -0.39 is 28.7 Å². The Bertz CT molecular complexity index is 1060. The maximum atomic E-state index is 15.5. The zero-order chi connectivity index (χ0) is 26.2. The van der Waals surface area contributed by atoms with Crippen LogP contribution in [-0.2, 0) is 10.3 Å². The minimum Gasteiger partial charge on any atom is -0.396 e. The Balaban J connectivity index is 2.18. The van der Waals surface area contributed by atoms with Crippen molar-refractivity contribution in [3.05, 3.63) is 69.5 Å². The Kier molecular flexibility index (Phi) is 8.24. The molecular formula is C27H36Cl2FN3O2. The Labute approximate surface area is 217 Å². The molecule has 2 aromatic rings. The van der Waals surface area contributed by atoms with E-state index >= 15 is 4.39 Å². The van der Waals surface area contributed by atoms with E-state index in [1.807, 2.05) is 26.0 Å². The molecule has 2 aromatic carbocycles. The predicted molar refractivity (Wildman–Crippen MR) is 140 cm³/mol. The summed E-state index contributed by atoms with van der Waals surface area (Å²) in [6.07, 6.45) is 0.636. The summed E-state index contributed by atoms with van der Waals surface area (Å²) in [5, 5.41) is 16.6. The SMILES string of the molecule is CC(C)(C)CC1NC(C(=O)NCC(C)(C)CO)C(c2cccc(Cl)c2F)C1(N)c1ccc(Cl)cc1. The first-order valence-electron chi connectivity index (χ1n) is 11.8. The second kappa shape index (κ2) is 10.3. The van der Waals surface area contributed by atoms with Crippen LogP contribution in [0.4, 0.5) is 4.39 Å². The summed E-state index contributed by atoms with van der Waals surface area (Å²) >= 11 is 12.3. The highest BCUT2D eigenvalue weighted by Crippen LogP contribution is 2.49. The number of hydrogen-bond acceptors (Lipinski definition) is 4. The van der Waals surface area contributed by atoms with Crippen molar-refractivity contribution in [2.24, 2.45) is 16.6 Å². The summed E-state index contributed by atoms with van der Waals surface area (Å²) in [7, 11) is 0. The van der Waals surface area contributed by atoms with E-state index in [1.165, 1.54) is 6.07 Å². The number of amides is 1. The molecule has 192 valence electrons. The van der Waals surface area contributed by atoms with Gasteiger partial charge >= 0.3 is 0 Å². The lowest BCUT2D eigenvalue weighted by Crippen LogP contribution is -2.52. The van der Waals surface area contributed by atoms with Gasteiger partial charge in [0.05, 0.1) is 16.6 Å². The van der Waals surface area contributed by atoms with Gasteiger partial charge in [-0.2, -0.15) is 0 Å². The van der Waals surface area contributed by atoms with Gasteiger partial charge in [-0.15, -0.1) is 0 Å². The third-order valence-corrected chi connectivity index (χ3v) is 7.28. The Morgan fingerprint density at radius 3 is 2.34 bits per heavy atom. The molecule has 0 radical (unpaired) electrons. The molecule has 0 bridgehead atoms. The normalized spacial score (nSPS) is 25.0. The van der Waals surface area contributed by atoms with E-state index in [0.29, 0.717) is 11.4 Å². The van der Waals surface area contributed by atoms with Gasteiger partial charge in [0.15, 0.2) is 0 Å². The van der Waals surface area contributed by atoms with E-state index in [2.05, 4.69) is 31.4 Å². The van der Waals surface area contributed by atoms with Gasteiger partial charge in [-0.05, 0) is 41.2 Å². The number of halogens is 3. The zero-order valence-corrected chi connectivity index (χ0v) is 22.5. The van der Waals surface area contributed by atoms with Crippen molar-refractivity contribution in [3.8, 4) is 0 Å². The molecule has 1 saturated heterocycles. The molecule has 1 amide bonds. The van der Waals surface area contributed by atoms with Crippen LogP contribution in [0, 0.1) is 16.6 Å². The molecule has 1 aliphatic heterocycles. The number of nitrogens with one attached hydrogen (secondary N) is 2. The van der Waals surface area contributed by atoms with Crippen molar-refractivity contribution in [2.45, 2.75) is 64.6 Å². The van der Waals surface area contributed by atoms with Crippen LogP contribution < -0.4 is 16.4 Å². The molecule has 1 heterocycles. The summed E-state index contributed by atoms with van der Waals surface area (Å²) in [5.41, 5.74) is 6.53. The van der Waals surface area contributed by atoms with E-state index in [9.17, 15) is 9.90 Å². The van der Waals surface area contributed by atoms with E-state index in [-0.39, 0.29) is 41.1 Å². The number of nitrogens with two attached hydrogens (primary N) is 1. The first-order chi connectivity index (χ1) is 16.2. The topological polar surface area (TPSA) is 87.4 Å². The Morgan fingerprint density at radius 1 is 1.14 bits per heavy atom. The first-order valence-corrected chi connectivity index (χ1v) is 12.6. The first kappa shape index (κ1) is 27.9. The van der Waals surface area contributed by atoms with Crippen LogP contribution in [0.1, 0.15) is 58.1 Å². The van der Waals surface area contributed by atoms with E-state index in [4.69, 9.17) is 28.9 Å². The van der Waals surface area contributed by atoms with Crippen molar-refractivity contribution in [1.29, 1.82) is 0 Å². The molecule has 0 saturated carbocycles. The number of carbonyl (C=O) groups is 1. The third kappa shape index (κ3) is 6.00. The van der Waals surface area contributed by atoms with Gasteiger partial charge in [-0.1, -0.05) is 82.1 Å². The molecule has 5 N–H and O–H groups in total. The number of benzene rings is 2. The fraction of sp³-hybridized carbons (Fsp3) is 0.519. The van der Waals surface area contributed by atoms with Crippen LogP contribution >= 0.6 is 23.2 Å². The van der Waals surface area contributed by atoms with Crippen molar-refractivity contribution in [3.63, 3.8) is 0 Å². The molecule has 5 nitrogen and oxygen atoms in total. The van der Waals surface area contributed by atoms with Crippen molar-refractivity contribution in [1.82, 2.24) is 10.6 Å². The molecule has 4 atom stereocenters. The molecular weight excluding hydrogens is 488 g/mol. The maximum absolute atomic E-state index is 15.5. The van der Waals surface area contributed by atoms with Gasteiger partial charge in [0.2, 0.25) is 5.91 Å². The van der Waals surface area contributed by atoms with Gasteiger partial charge in [0.1, 0.15) is 5.82 Å². The lowest BCUT2D eigenvalue weighted by Gasteiger charge is -2.39. The fourth-order valence-electron chi connectivity index (χ4n) is 4.82. The monoisotopic (exact) mass is 523 g/mol. The molecule has 35 heavy (non-hydrogen) atoms. The predicted octanol–water partition coefficient (Wildman–Crippen LogP) is 4.98. The summed E-state index contributed by atoms with van der Waals surface area (Å²) in [4.78, 5) is 13.6. The number of aliphatic hydroxyl groups excluding tert-OH is 1. The average Bonchev–Trinajstić information content (AvgIpc) is 3.06. The van der Waals surface area contributed by atoms with Gasteiger partial charge in [-0.3, -0.25) is 4.79 Å². The molecule has 3 rings (SSSR count). The minimum absolute atomic E-state index is 0.0270. The Morgan fingerprint density at radius 2 is 1.77 bits per heavy atom. The lowest BCUT2D eigenvalue weighted by molar-refractivity contribution is -0.123. The van der Waals surface area contributed by atoms with Gasteiger partial charge < -0.3 is 21.5 Å². The zero-order valence-electron chi connectivity index (χ0n) is 21.0. The number of rotatable bonds is 7. The van der Waals surface area contributed by atoms with Crippen LogP contribution in [0.3, 0.4) is 0 Å². The summed E-state index contributed by atoms with van der Waals surface area (Å²) in [6.45, 7) is 10.2. The third-order valence-electron chi connectivity index (χ3n) is 6.73. The molecule has 4 unspecified atom stereocenters. The largest absolute Gasteiger partial charge is 0.396 e. The number of aliphatic hydroxyl groups is 1. The molecule has 0 aliphatic carbocycles. The lowest BCUT2D eigenvalue weighted by atomic mass is 9.68. The van der Waals surface area contributed by atoms with E-state index in [1.54, 1.807) is 24.3 Å². The van der Waals surface area contributed by atoms with Crippen molar-refractivity contribution < 1.29 is 14.3 Å². The molecule has 1 aliphatic rings. The summed E-state index contributed by atoms with van der Waals surface area (Å²) in [5.74, 6) is -1.65. The van der Waals surface area contributed by atoms with Gasteiger partial charge in [0.25, 0.3) is 0 Å². The molecule has 8 heteroatoms. The second-order valence-corrected chi connectivity index (χ2v) is 12.4. The smallest absolute Gasteiger partial charge is 0.237 e. The highest BCUT2D eigenvalue weighted by atomic mass is 35.5. The van der Waals surface area contributed by atoms with Crippen molar-refractivity contribution in [2.75, 3.05) is 13.2 Å². The van der Waals surface area contributed by atoms with Crippen LogP contribution in [0.5, 0.6) is 0 Å². The highest BCUT2D eigenvalue weighted by Gasteiger charge is 2.57. The van der Waals surface area contributed by atoms with Crippen LogP contribution in [-0.4, -0.2) is 36.2 Å². The highest BCUT2D eigenvalue weighted by molar-refractivity contribution is 6.31. The van der Waals surface area contributed by atoms with Crippen LogP contribution in [0.25, 0.3) is 0 Å². The average molecular weight is 525 g/mol. The quantitative estimate of drug-likeness (QED) is 0.412. The fourth-order valence-corrected chi connectivity index (χ4v) is 5.13. The van der Waals surface area contributed by atoms with Gasteiger partial charge in [0, 0.05) is 35.5 Å². The minimum atomic E-state index is -1.14. The molecule has 0 aromatic heterocycles. The molecule has 0 spiro atoms. The second-order valence-electron chi connectivity index (χ2n) is 11.6. The van der Waals surface area contributed by atoms with E-state index in [0.717, 1.165) is 5.56 Å². The van der Waals surface area contributed by atoms with Gasteiger partial charge in [-0.25, -0.2) is 4.39 Å². The maximum Gasteiger partial charge on any atom is 0.237 e. The number of carbonyl (C=O) groups excluding carboxylic acids is 1. The number of hydrogen-bond donors (Lipinski definition) is 4. The van der Waals surface area contributed by atoms with Crippen molar-refractivity contribution >= 4 is 29.1 Å². The van der Waals surface area contributed by atoms with Crippen LogP contribution in [0.2, 0.25) is 10.0 Å². The molecule has 1 fully saturated rings. The Hall–Kier alpha value is -1.70. The summed E-state index contributed by atoms with van der Waals surface area (Å²) < 4.78 is 15.5.